The quantitative estimate of drug-likeness (QED) is 0.199. The Morgan fingerprint density at radius 3 is 2.50 bits per heavy atom. The van der Waals surface area contributed by atoms with Gasteiger partial charge in [0.2, 0.25) is 11.8 Å². The fourth-order valence-corrected chi connectivity index (χ4v) is 5.23. The van der Waals surface area contributed by atoms with Crippen molar-refractivity contribution in [1.82, 2.24) is 26.3 Å². The highest BCUT2D eigenvalue weighted by molar-refractivity contribution is 6.03. The third-order valence-corrected chi connectivity index (χ3v) is 7.52. The minimum atomic E-state index is -1.10. The van der Waals surface area contributed by atoms with E-state index < -0.39 is 48.1 Å². The third-order valence-electron chi connectivity index (χ3n) is 7.52. The number of benzene rings is 2. The number of methoxy groups -OCH3 is 1. The maximum absolute atomic E-state index is 13.6. The second-order valence-electron chi connectivity index (χ2n) is 11.1. The number of ketones is 1. The number of aromatic nitrogens is 1. The lowest BCUT2D eigenvalue weighted by atomic mass is 9.94. The number of nitriles is 1. The zero-order valence-electron chi connectivity index (χ0n) is 24.9. The molecule has 1 saturated heterocycles. The second kappa shape index (κ2) is 14.3. The van der Waals surface area contributed by atoms with E-state index in [1.54, 1.807) is 36.4 Å². The van der Waals surface area contributed by atoms with Crippen LogP contribution in [-0.2, 0) is 14.4 Å². The first-order valence-corrected chi connectivity index (χ1v) is 14.5. The Labute approximate surface area is 254 Å². The summed E-state index contributed by atoms with van der Waals surface area (Å²) in [5.41, 5.74) is 1.21. The number of nitrogens with one attached hydrogen (secondary N) is 5. The highest BCUT2D eigenvalue weighted by Gasteiger charge is 2.33. The van der Waals surface area contributed by atoms with Gasteiger partial charge in [0, 0.05) is 23.4 Å². The zero-order valence-corrected chi connectivity index (χ0v) is 24.9. The summed E-state index contributed by atoms with van der Waals surface area (Å²) in [7, 11) is 1.54. The molecule has 1 fully saturated rings. The largest absolute Gasteiger partial charge is 0.496 e. The van der Waals surface area contributed by atoms with Crippen molar-refractivity contribution in [3.8, 4) is 11.8 Å². The smallest absolute Gasteiger partial charge is 0.268 e. The number of fused-ring (bicyclic) bond motifs is 1. The molecule has 0 bridgehead atoms. The molecule has 2 aromatic carbocycles. The minimum Gasteiger partial charge on any atom is -0.496 e. The number of ether oxygens (including phenoxy) is 1. The lowest BCUT2D eigenvalue weighted by molar-refractivity contribution is -0.130. The summed E-state index contributed by atoms with van der Waals surface area (Å²) in [6, 6.07) is 13.1. The molecule has 3 atom stereocenters. The van der Waals surface area contributed by atoms with Gasteiger partial charge in [0.25, 0.3) is 11.8 Å². The topological polar surface area (TPSA) is 182 Å². The van der Waals surface area contributed by atoms with Crippen molar-refractivity contribution in [2.24, 2.45) is 11.8 Å². The number of rotatable bonds is 13. The van der Waals surface area contributed by atoms with E-state index in [0.717, 1.165) is 0 Å². The van der Waals surface area contributed by atoms with Crippen molar-refractivity contribution in [3.05, 3.63) is 65.4 Å². The molecule has 1 aromatic heterocycles. The Morgan fingerprint density at radius 1 is 1.05 bits per heavy atom. The Bertz CT molecular complexity index is 1610. The number of H-pyrrole nitrogens is 1. The van der Waals surface area contributed by atoms with E-state index in [1.165, 1.54) is 19.2 Å². The van der Waals surface area contributed by atoms with Gasteiger partial charge in [-0.3, -0.25) is 24.0 Å². The molecule has 12 nitrogen and oxygen atoms in total. The molecule has 4 amide bonds. The first-order valence-electron chi connectivity index (χ1n) is 14.5. The molecule has 1 unspecified atom stereocenters. The predicted octanol–water partition coefficient (Wildman–Crippen LogP) is 2.20. The van der Waals surface area contributed by atoms with E-state index in [0.29, 0.717) is 29.6 Å². The molecule has 230 valence electrons. The molecule has 1 aliphatic rings. The van der Waals surface area contributed by atoms with Crippen molar-refractivity contribution in [1.29, 1.82) is 5.26 Å². The van der Waals surface area contributed by atoms with Crippen molar-refractivity contribution in [2.75, 3.05) is 20.2 Å². The molecular formula is C32H36N6O6. The molecule has 0 aliphatic carbocycles. The Kier molecular flexibility index (Phi) is 10.3. The molecule has 0 saturated carbocycles. The van der Waals surface area contributed by atoms with Crippen LogP contribution in [0.5, 0.6) is 5.75 Å². The van der Waals surface area contributed by atoms with Crippen LogP contribution in [0.15, 0.2) is 48.5 Å². The first kappa shape index (κ1) is 31.7. The van der Waals surface area contributed by atoms with Gasteiger partial charge in [-0.15, -0.1) is 0 Å². The van der Waals surface area contributed by atoms with Gasteiger partial charge in [-0.25, -0.2) is 0 Å². The molecule has 12 heteroatoms. The highest BCUT2D eigenvalue weighted by atomic mass is 16.5. The van der Waals surface area contributed by atoms with Gasteiger partial charge in [-0.05, 0) is 55.5 Å². The number of Topliss-reactive ketones (excluding diaryl/α,β-unsaturated/α-hetero) is 1. The van der Waals surface area contributed by atoms with E-state index in [9.17, 15) is 29.2 Å². The van der Waals surface area contributed by atoms with Crippen LogP contribution in [0, 0.1) is 23.2 Å². The molecule has 1 aliphatic heterocycles. The fourth-order valence-electron chi connectivity index (χ4n) is 5.23. The molecule has 3 aromatic rings. The highest BCUT2D eigenvalue weighted by Crippen LogP contribution is 2.26. The Balaban J connectivity index is 1.49. The number of carbonyl (C=O) groups excluding carboxylic acids is 5. The molecule has 2 heterocycles. The van der Waals surface area contributed by atoms with Gasteiger partial charge >= 0.3 is 0 Å². The standard InChI is InChI=1S/C32H36N6O6/c1-18(2)13-25(38-32(43)26-15-22-23(36-26)9-6-10-28(22)44-3)31(42)37-24(14-19-11-12-34-29(19)40)27(39)17-35-30(41)21-8-5-4-7-20(21)16-33/h4-10,15,18-19,24-25,36H,11-14,17H2,1-3H3,(H,34,40)(H,35,41)(H,37,42)(H,38,43)/t19-,24-,25?/m0/s1. The zero-order chi connectivity index (χ0) is 31.8. The minimum absolute atomic E-state index is 0.0168. The van der Waals surface area contributed by atoms with Crippen LogP contribution in [-0.4, -0.2) is 66.7 Å². The van der Waals surface area contributed by atoms with Crippen LogP contribution in [0.1, 0.15) is 59.5 Å². The van der Waals surface area contributed by atoms with Crippen LogP contribution in [0.3, 0.4) is 0 Å². The summed E-state index contributed by atoms with van der Waals surface area (Å²) in [5.74, 6) is -2.33. The van der Waals surface area contributed by atoms with E-state index in [4.69, 9.17) is 4.74 Å². The van der Waals surface area contributed by atoms with E-state index in [1.807, 2.05) is 19.9 Å². The SMILES string of the molecule is COc1cccc2[nH]c(C(=O)NC(CC(C)C)C(=O)N[C@@H](C[C@@H]3CCNC3=O)C(=O)CNC(=O)c3ccccc3C#N)cc12. The number of hydrogen-bond acceptors (Lipinski definition) is 7. The van der Waals surface area contributed by atoms with Crippen LogP contribution >= 0.6 is 0 Å². The average molecular weight is 601 g/mol. The van der Waals surface area contributed by atoms with Gasteiger partial charge in [-0.2, -0.15) is 5.26 Å². The summed E-state index contributed by atoms with van der Waals surface area (Å²) in [4.78, 5) is 68.4. The van der Waals surface area contributed by atoms with Crippen LogP contribution in [0.4, 0.5) is 0 Å². The summed E-state index contributed by atoms with van der Waals surface area (Å²) in [6.07, 6.45) is 0.815. The maximum Gasteiger partial charge on any atom is 0.268 e. The molecule has 0 radical (unpaired) electrons. The summed E-state index contributed by atoms with van der Waals surface area (Å²) in [5, 5.41) is 20.8. The molecule has 44 heavy (non-hydrogen) atoms. The fraction of sp³-hybridized carbons (Fsp3) is 0.375. The Morgan fingerprint density at radius 2 is 1.82 bits per heavy atom. The molecular weight excluding hydrogens is 564 g/mol. The van der Waals surface area contributed by atoms with Gasteiger partial charge in [0.1, 0.15) is 17.5 Å². The number of hydrogen-bond donors (Lipinski definition) is 5. The first-order chi connectivity index (χ1) is 21.1. The van der Waals surface area contributed by atoms with Crippen molar-refractivity contribution in [2.45, 2.75) is 45.2 Å². The predicted molar refractivity (Wildman–Crippen MR) is 162 cm³/mol. The van der Waals surface area contributed by atoms with Crippen LogP contribution in [0.25, 0.3) is 10.9 Å². The van der Waals surface area contributed by atoms with Crippen molar-refractivity contribution < 1.29 is 28.7 Å². The van der Waals surface area contributed by atoms with Gasteiger partial charge < -0.3 is 31.0 Å². The van der Waals surface area contributed by atoms with Crippen LogP contribution in [0.2, 0.25) is 0 Å². The molecule has 0 spiro atoms. The second-order valence-corrected chi connectivity index (χ2v) is 11.1. The van der Waals surface area contributed by atoms with E-state index >= 15 is 0 Å². The van der Waals surface area contributed by atoms with Gasteiger partial charge in [-0.1, -0.05) is 32.0 Å². The van der Waals surface area contributed by atoms with Crippen molar-refractivity contribution >= 4 is 40.3 Å². The van der Waals surface area contributed by atoms with E-state index in [2.05, 4.69) is 26.3 Å². The normalized spacial score (nSPS) is 15.6. The lowest BCUT2D eigenvalue weighted by Crippen LogP contribution is -2.54. The summed E-state index contributed by atoms with van der Waals surface area (Å²) < 4.78 is 5.38. The number of nitrogens with zero attached hydrogens (tertiary/aromatic N) is 1. The van der Waals surface area contributed by atoms with E-state index in [-0.39, 0.29) is 41.5 Å². The molecule has 5 N–H and O–H groups in total. The maximum atomic E-state index is 13.6. The summed E-state index contributed by atoms with van der Waals surface area (Å²) in [6.45, 7) is 3.83. The number of amides is 4. The molecule has 4 rings (SSSR count). The average Bonchev–Trinajstić information content (AvgIpc) is 3.64. The van der Waals surface area contributed by atoms with Gasteiger partial charge in [0.05, 0.1) is 36.9 Å². The van der Waals surface area contributed by atoms with Gasteiger partial charge in [0.15, 0.2) is 5.78 Å². The Hall–Kier alpha value is -5.18. The number of carbonyl (C=O) groups is 5. The third kappa shape index (κ3) is 7.60. The monoisotopic (exact) mass is 600 g/mol. The number of aromatic amines is 1. The lowest BCUT2D eigenvalue weighted by Gasteiger charge is -2.25. The summed E-state index contributed by atoms with van der Waals surface area (Å²) >= 11 is 0. The van der Waals surface area contributed by atoms with Crippen LogP contribution < -0.4 is 26.0 Å². The van der Waals surface area contributed by atoms with Crippen molar-refractivity contribution in [3.63, 3.8) is 0 Å².